The molecule has 4 heteroatoms. The molecule has 0 radical (unpaired) electrons. The summed E-state index contributed by atoms with van der Waals surface area (Å²) in [6, 6.07) is 0. The normalized spacial score (nSPS) is 20.8. The predicted molar refractivity (Wildman–Crippen MR) is 68.2 cm³/mol. The predicted octanol–water partition coefficient (Wildman–Crippen LogP) is 4.59. The van der Waals surface area contributed by atoms with Gasteiger partial charge < -0.3 is 4.52 Å². The van der Waals surface area contributed by atoms with E-state index < -0.39 is 0 Å². The first kappa shape index (κ1) is 12.9. The van der Waals surface area contributed by atoms with Crippen molar-refractivity contribution in [1.29, 1.82) is 0 Å². The molecule has 0 spiro atoms. The summed E-state index contributed by atoms with van der Waals surface area (Å²) in [6.07, 6.45) is 9.81. The van der Waals surface area contributed by atoms with Gasteiger partial charge in [-0.3, -0.25) is 0 Å². The molecule has 1 aliphatic rings. The molecule has 0 N–H and O–H groups in total. The van der Waals surface area contributed by atoms with Crippen LogP contribution in [0.3, 0.4) is 0 Å². The van der Waals surface area contributed by atoms with Crippen LogP contribution in [0.1, 0.15) is 81.3 Å². The van der Waals surface area contributed by atoms with Gasteiger partial charge in [0.05, 0.1) is 5.38 Å². The van der Waals surface area contributed by atoms with E-state index in [1.165, 1.54) is 44.9 Å². The molecule has 0 amide bonds. The second-order valence-electron chi connectivity index (χ2n) is 4.91. The Morgan fingerprint density at radius 2 is 1.88 bits per heavy atom. The van der Waals surface area contributed by atoms with Crippen LogP contribution in [-0.4, -0.2) is 10.1 Å². The number of hydrogen-bond donors (Lipinski definition) is 0. The van der Waals surface area contributed by atoms with E-state index >= 15 is 0 Å². The van der Waals surface area contributed by atoms with Crippen LogP contribution >= 0.6 is 11.6 Å². The van der Waals surface area contributed by atoms with Crippen molar-refractivity contribution in [3.63, 3.8) is 0 Å². The van der Waals surface area contributed by atoms with Crippen LogP contribution in [0, 0.1) is 0 Å². The lowest BCUT2D eigenvalue weighted by atomic mass is 9.91. The third kappa shape index (κ3) is 3.44. The Morgan fingerprint density at radius 3 is 2.53 bits per heavy atom. The molecule has 2 rings (SSSR count). The topological polar surface area (TPSA) is 38.9 Å². The molecule has 1 unspecified atom stereocenters. The fourth-order valence-electron chi connectivity index (χ4n) is 2.43. The Hall–Kier alpha value is -0.570. The van der Waals surface area contributed by atoms with Crippen molar-refractivity contribution in [3.05, 3.63) is 11.7 Å². The van der Waals surface area contributed by atoms with Crippen LogP contribution in [0.4, 0.5) is 0 Å². The van der Waals surface area contributed by atoms with Gasteiger partial charge in [-0.05, 0) is 19.3 Å². The maximum absolute atomic E-state index is 6.12. The van der Waals surface area contributed by atoms with Crippen LogP contribution in [-0.2, 0) is 0 Å². The summed E-state index contributed by atoms with van der Waals surface area (Å²) in [4.78, 5) is 4.47. The molecule has 1 aromatic rings. The summed E-state index contributed by atoms with van der Waals surface area (Å²) >= 11 is 6.12. The molecule has 1 aliphatic carbocycles. The van der Waals surface area contributed by atoms with Gasteiger partial charge in [0.25, 0.3) is 0 Å². The Morgan fingerprint density at radius 1 is 1.24 bits per heavy atom. The molecule has 17 heavy (non-hydrogen) atoms. The minimum absolute atomic E-state index is 0.110. The molecule has 1 saturated carbocycles. The fourth-order valence-corrected chi connectivity index (χ4v) is 2.51. The van der Waals surface area contributed by atoms with E-state index in [0.29, 0.717) is 11.7 Å². The van der Waals surface area contributed by atoms with Gasteiger partial charge in [0.1, 0.15) is 0 Å². The number of nitrogens with zero attached hydrogens (tertiary/aromatic N) is 2. The molecule has 0 aliphatic heterocycles. The van der Waals surface area contributed by atoms with Crippen molar-refractivity contribution in [2.24, 2.45) is 0 Å². The van der Waals surface area contributed by atoms with Gasteiger partial charge in [0, 0.05) is 5.92 Å². The van der Waals surface area contributed by atoms with Crippen LogP contribution in [0.25, 0.3) is 0 Å². The zero-order valence-corrected chi connectivity index (χ0v) is 11.2. The molecule has 1 fully saturated rings. The molecule has 96 valence electrons. The van der Waals surface area contributed by atoms with Gasteiger partial charge in [-0.15, -0.1) is 11.6 Å². The van der Waals surface area contributed by atoms with Crippen molar-refractivity contribution in [2.45, 2.75) is 69.6 Å². The van der Waals surface area contributed by atoms with Gasteiger partial charge >= 0.3 is 0 Å². The quantitative estimate of drug-likeness (QED) is 0.743. The largest absolute Gasteiger partial charge is 0.339 e. The molecular weight excluding hydrogens is 236 g/mol. The van der Waals surface area contributed by atoms with Crippen molar-refractivity contribution in [3.8, 4) is 0 Å². The molecular formula is C13H21ClN2O. The highest BCUT2D eigenvalue weighted by Crippen LogP contribution is 2.31. The maximum Gasteiger partial charge on any atom is 0.229 e. The van der Waals surface area contributed by atoms with Crippen LogP contribution < -0.4 is 0 Å². The van der Waals surface area contributed by atoms with Gasteiger partial charge in [-0.1, -0.05) is 44.2 Å². The Kier molecular flexibility index (Phi) is 4.84. The molecule has 0 bridgehead atoms. The number of rotatable bonds is 3. The van der Waals surface area contributed by atoms with Crippen LogP contribution in [0.5, 0.6) is 0 Å². The fraction of sp³-hybridized carbons (Fsp3) is 0.846. The van der Waals surface area contributed by atoms with E-state index in [4.69, 9.17) is 16.1 Å². The average Bonchev–Trinajstić information content (AvgIpc) is 2.77. The van der Waals surface area contributed by atoms with Gasteiger partial charge in [0.15, 0.2) is 5.82 Å². The van der Waals surface area contributed by atoms with E-state index in [2.05, 4.69) is 10.1 Å². The molecule has 0 aromatic carbocycles. The lowest BCUT2D eigenvalue weighted by Crippen LogP contribution is -2.03. The van der Waals surface area contributed by atoms with Gasteiger partial charge in [0.2, 0.25) is 5.89 Å². The molecule has 1 atom stereocenters. The first-order chi connectivity index (χ1) is 8.31. The third-order valence-corrected chi connectivity index (χ3v) is 4.05. The molecule has 1 heterocycles. The Balaban J connectivity index is 2.01. The monoisotopic (exact) mass is 256 g/mol. The number of alkyl halides is 1. The highest BCUT2D eigenvalue weighted by Gasteiger charge is 2.21. The summed E-state index contributed by atoms with van der Waals surface area (Å²) in [5.41, 5.74) is 0. The van der Waals surface area contributed by atoms with Gasteiger partial charge in [-0.2, -0.15) is 4.98 Å². The third-order valence-electron chi connectivity index (χ3n) is 3.55. The summed E-state index contributed by atoms with van der Waals surface area (Å²) in [6.45, 7) is 2.03. The first-order valence-corrected chi connectivity index (χ1v) is 7.22. The van der Waals surface area contributed by atoms with E-state index in [9.17, 15) is 0 Å². The second-order valence-corrected chi connectivity index (χ2v) is 5.44. The van der Waals surface area contributed by atoms with E-state index in [1.54, 1.807) is 0 Å². The van der Waals surface area contributed by atoms with Crippen molar-refractivity contribution < 1.29 is 4.52 Å². The van der Waals surface area contributed by atoms with Gasteiger partial charge in [-0.25, -0.2) is 0 Å². The lowest BCUT2D eigenvalue weighted by molar-refractivity contribution is 0.320. The summed E-state index contributed by atoms with van der Waals surface area (Å²) in [5.74, 6) is 1.92. The SMILES string of the molecule is CCC(Cl)c1noc(C2CCCCCCC2)n1. The zero-order valence-electron chi connectivity index (χ0n) is 10.5. The highest BCUT2D eigenvalue weighted by atomic mass is 35.5. The summed E-state index contributed by atoms with van der Waals surface area (Å²) < 4.78 is 5.38. The van der Waals surface area contributed by atoms with Crippen molar-refractivity contribution >= 4 is 11.6 Å². The van der Waals surface area contributed by atoms with Crippen molar-refractivity contribution in [1.82, 2.24) is 10.1 Å². The molecule has 3 nitrogen and oxygen atoms in total. The molecule has 0 saturated heterocycles. The summed E-state index contributed by atoms with van der Waals surface area (Å²) in [5, 5.41) is 3.89. The minimum atomic E-state index is -0.110. The van der Waals surface area contributed by atoms with Crippen molar-refractivity contribution in [2.75, 3.05) is 0 Å². The number of halogens is 1. The van der Waals surface area contributed by atoms with E-state index in [0.717, 1.165) is 12.3 Å². The Labute approximate surface area is 108 Å². The standard InChI is InChI=1S/C13H21ClN2O/c1-2-11(14)12-15-13(17-16-12)10-8-6-4-3-5-7-9-10/h10-11H,2-9H2,1H3. The highest BCUT2D eigenvalue weighted by molar-refractivity contribution is 6.20. The summed E-state index contributed by atoms with van der Waals surface area (Å²) in [7, 11) is 0. The van der Waals surface area contributed by atoms with Crippen LogP contribution in [0.2, 0.25) is 0 Å². The Bertz CT molecular complexity index is 332. The maximum atomic E-state index is 6.12. The number of hydrogen-bond acceptors (Lipinski definition) is 3. The minimum Gasteiger partial charge on any atom is -0.339 e. The second kappa shape index (κ2) is 6.39. The molecule has 1 aromatic heterocycles. The number of aromatic nitrogens is 2. The first-order valence-electron chi connectivity index (χ1n) is 6.78. The van der Waals surface area contributed by atoms with E-state index in [1.807, 2.05) is 6.92 Å². The lowest BCUT2D eigenvalue weighted by Gasteiger charge is -2.15. The zero-order chi connectivity index (χ0) is 12.1. The average molecular weight is 257 g/mol. The smallest absolute Gasteiger partial charge is 0.229 e. The van der Waals surface area contributed by atoms with Crippen LogP contribution in [0.15, 0.2) is 4.52 Å². The van der Waals surface area contributed by atoms with E-state index in [-0.39, 0.29) is 5.38 Å².